The van der Waals surface area contributed by atoms with E-state index in [0.29, 0.717) is 5.56 Å². The summed E-state index contributed by atoms with van der Waals surface area (Å²) >= 11 is 5.99. The van der Waals surface area contributed by atoms with Gasteiger partial charge >= 0.3 is 0 Å². The molecule has 2 aromatic carbocycles. The molecule has 0 bridgehead atoms. The fourth-order valence-electron chi connectivity index (χ4n) is 2.86. The van der Waals surface area contributed by atoms with E-state index in [1.807, 2.05) is 28.8 Å². The third-order valence-corrected chi connectivity index (χ3v) is 5.46. The third kappa shape index (κ3) is 3.65. The first-order chi connectivity index (χ1) is 12.3. The van der Waals surface area contributed by atoms with Gasteiger partial charge in [-0.05, 0) is 36.8 Å². The van der Waals surface area contributed by atoms with Crippen molar-refractivity contribution in [3.8, 4) is 0 Å². The lowest BCUT2D eigenvalue weighted by Gasteiger charge is -2.09. The van der Waals surface area contributed by atoms with Crippen molar-refractivity contribution >= 4 is 38.4 Å². The molecular weight excluding hydrogens is 374 g/mol. The summed E-state index contributed by atoms with van der Waals surface area (Å²) in [5.41, 5.74) is 2.05. The third-order valence-electron chi connectivity index (χ3n) is 4.07. The molecule has 2 N–H and O–H groups in total. The number of Topliss-reactive ketones (excluding diaryl/α,β-unsaturated/α-hetero) is 1. The molecule has 26 heavy (non-hydrogen) atoms. The van der Waals surface area contributed by atoms with Gasteiger partial charge < -0.3 is 4.57 Å². The predicted octanol–water partition coefficient (Wildman–Crippen LogP) is 3.17. The van der Waals surface area contributed by atoms with E-state index in [9.17, 15) is 13.2 Å². The van der Waals surface area contributed by atoms with Crippen LogP contribution in [0.15, 0.2) is 47.4 Å². The molecule has 0 unspecified atom stereocenters. The number of hydrogen-bond donors (Lipinski definition) is 1. The molecule has 0 saturated carbocycles. The number of nitrogens with two attached hydrogens (primary N) is 1. The fourth-order valence-corrected chi connectivity index (χ4v) is 3.95. The number of aryl methyl sites for hydroxylation is 1. The van der Waals surface area contributed by atoms with E-state index in [4.69, 9.17) is 16.7 Å². The van der Waals surface area contributed by atoms with Crippen molar-refractivity contribution in [1.82, 2.24) is 9.55 Å². The molecule has 0 saturated heterocycles. The quantitative estimate of drug-likeness (QED) is 0.653. The molecule has 136 valence electrons. The Balaban J connectivity index is 1.97. The summed E-state index contributed by atoms with van der Waals surface area (Å²) in [6.45, 7) is 2.15. The zero-order chi connectivity index (χ0) is 18.9. The molecule has 8 heteroatoms. The predicted molar refractivity (Wildman–Crippen MR) is 101 cm³/mol. The number of primary sulfonamides is 1. The molecule has 3 rings (SSSR count). The van der Waals surface area contributed by atoms with Gasteiger partial charge in [-0.1, -0.05) is 30.7 Å². The zero-order valence-electron chi connectivity index (χ0n) is 14.1. The lowest BCUT2D eigenvalue weighted by Crippen LogP contribution is -2.15. The fraction of sp³-hybridized carbons (Fsp3) is 0.222. The van der Waals surface area contributed by atoms with Crippen molar-refractivity contribution < 1.29 is 13.2 Å². The van der Waals surface area contributed by atoms with Gasteiger partial charge in [0.25, 0.3) is 0 Å². The number of ketones is 1. The maximum Gasteiger partial charge on any atom is 0.239 e. The van der Waals surface area contributed by atoms with Crippen molar-refractivity contribution in [3.05, 3.63) is 58.9 Å². The molecule has 0 aliphatic carbocycles. The first kappa shape index (κ1) is 18.6. The summed E-state index contributed by atoms with van der Waals surface area (Å²) < 4.78 is 24.8. The monoisotopic (exact) mass is 391 g/mol. The van der Waals surface area contributed by atoms with Crippen molar-refractivity contribution in [2.24, 2.45) is 5.14 Å². The van der Waals surface area contributed by atoms with E-state index >= 15 is 0 Å². The van der Waals surface area contributed by atoms with Gasteiger partial charge in [0, 0.05) is 12.0 Å². The van der Waals surface area contributed by atoms with Gasteiger partial charge in [0.2, 0.25) is 10.0 Å². The molecule has 0 aliphatic heterocycles. The van der Waals surface area contributed by atoms with Gasteiger partial charge in [-0.25, -0.2) is 18.5 Å². The number of imidazole rings is 1. The molecule has 0 amide bonds. The van der Waals surface area contributed by atoms with Crippen molar-refractivity contribution in [1.29, 1.82) is 0 Å². The lowest BCUT2D eigenvalue weighted by atomic mass is 10.1. The average Bonchev–Trinajstić information content (AvgIpc) is 2.91. The Kier molecular flexibility index (Phi) is 5.13. The van der Waals surface area contributed by atoms with Crippen molar-refractivity contribution in [3.63, 3.8) is 0 Å². The lowest BCUT2D eigenvalue weighted by molar-refractivity contribution is 0.0972. The topological polar surface area (TPSA) is 95.0 Å². The Morgan fingerprint density at radius 2 is 1.96 bits per heavy atom. The van der Waals surface area contributed by atoms with E-state index in [-0.39, 0.29) is 22.2 Å². The second kappa shape index (κ2) is 7.19. The minimum absolute atomic E-state index is 0.0670. The summed E-state index contributed by atoms with van der Waals surface area (Å²) in [5, 5.41) is 5.03. The average molecular weight is 392 g/mol. The SMILES string of the molecule is CCCc1nc2ccccc2n1CC(=O)c1ccc(S(N)(=O)=O)c(Cl)c1. The molecule has 0 radical (unpaired) electrons. The van der Waals surface area contributed by atoms with Gasteiger partial charge in [0.15, 0.2) is 5.78 Å². The van der Waals surface area contributed by atoms with Crippen LogP contribution in [-0.2, 0) is 23.0 Å². The van der Waals surface area contributed by atoms with Crippen LogP contribution in [0.25, 0.3) is 11.0 Å². The largest absolute Gasteiger partial charge is 0.320 e. The number of halogens is 1. The summed E-state index contributed by atoms with van der Waals surface area (Å²) in [6, 6.07) is 11.7. The summed E-state index contributed by atoms with van der Waals surface area (Å²) in [5.74, 6) is 0.655. The van der Waals surface area contributed by atoms with E-state index in [1.54, 1.807) is 0 Å². The van der Waals surface area contributed by atoms with Crippen LogP contribution < -0.4 is 5.14 Å². The van der Waals surface area contributed by atoms with Crippen LogP contribution in [0.3, 0.4) is 0 Å². The van der Waals surface area contributed by atoms with Crippen LogP contribution in [0.4, 0.5) is 0 Å². The highest BCUT2D eigenvalue weighted by atomic mass is 35.5. The molecule has 0 atom stereocenters. The number of fused-ring (bicyclic) bond motifs is 1. The number of para-hydroxylation sites is 2. The van der Waals surface area contributed by atoms with Crippen molar-refractivity contribution in [2.75, 3.05) is 0 Å². The van der Waals surface area contributed by atoms with Crippen LogP contribution >= 0.6 is 11.6 Å². The van der Waals surface area contributed by atoms with E-state index in [1.165, 1.54) is 18.2 Å². The number of carbonyl (C=O) groups is 1. The highest BCUT2D eigenvalue weighted by Crippen LogP contribution is 2.23. The van der Waals surface area contributed by atoms with Crippen LogP contribution in [0.5, 0.6) is 0 Å². The second-order valence-corrected chi connectivity index (χ2v) is 7.90. The normalized spacial score (nSPS) is 11.8. The Morgan fingerprint density at radius 1 is 1.23 bits per heavy atom. The molecule has 1 heterocycles. The molecule has 1 aromatic heterocycles. The highest BCUT2D eigenvalue weighted by Gasteiger charge is 2.18. The number of benzene rings is 2. The highest BCUT2D eigenvalue weighted by molar-refractivity contribution is 7.89. The molecule has 0 aliphatic rings. The Bertz CT molecular complexity index is 1090. The van der Waals surface area contributed by atoms with Gasteiger partial charge in [-0.2, -0.15) is 0 Å². The standard InChI is InChI=1S/C18H18ClN3O3S/c1-2-5-18-21-14-6-3-4-7-15(14)22(18)11-16(23)12-8-9-17(13(19)10-12)26(20,24)25/h3-4,6-10H,2,5,11H2,1H3,(H2,20,24,25). The molecule has 0 spiro atoms. The minimum atomic E-state index is -3.93. The van der Waals surface area contributed by atoms with Gasteiger partial charge in [-0.15, -0.1) is 0 Å². The summed E-state index contributed by atoms with van der Waals surface area (Å²) in [6.07, 6.45) is 1.67. The Morgan fingerprint density at radius 3 is 2.62 bits per heavy atom. The molecule has 3 aromatic rings. The van der Waals surface area contributed by atoms with Gasteiger partial charge in [-0.3, -0.25) is 4.79 Å². The minimum Gasteiger partial charge on any atom is -0.320 e. The molecule has 6 nitrogen and oxygen atoms in total. The first-order valence-corrected chi connectivity index (χ1v) is 10.0. The summed E-state index contributed by atoms with van der Waals surface area (Å²) in [7, 11) is -3.93. The number of sulfonamides is 1. The Labute approximate surface area is 156 Å². The number of carbonyl (C=O) groups excluding carboxylic acids is 1. The number of hydrogen-bond acceptors (Lipinski definition) is 4. The maximum atomic E-state index is 12.7. The second-order valence-electron chi connectivity index (χ2n) is 5.97. The summed E-state index contributed by atoms with van der Waals surface area (Å²) in [4.78, 5) is 17.1. The van der Waals surface area contributed by atoms with Crippen LogP contribution in [-0.4, -0.2) is 23.8 Å². The number of aromatic nitrogens is 2. The van der Waals surface area contributed by atoms with Crippen LogP contribution in [0.1, 0.15) is 29.5 Å². The van der Waals surface area contributed by atoms with Crippen LogP contribution in [0.2, 0.25) is 5.02 Å². The number of nitrogens with zero attached hydrogens (tertiary/aromatic N) is 2. The van der Waals surface area contributed by atoms with Gasteiger partial charge in [0.1, 0.15) is 10.7 Å². The smallest absolute Gasteiger partial charge is 0.239 e. The van der Waals surface area contributed by atoms with E-state index in [2.05, 4.69) is 11.9 Å². The zero-order valence-corrected chi connectivity index (χ0v) is 15.7. The molecular formula is C18H18ClN3O3S. The van der Waals surface area contributed by atoms with Crippen LogP contribution in [0, 0.1) is 0 Å². The van der Waals surface area contributed by atoms with E-state index in [0.717, 1.165) is 29.7 Å². The maximum absolute atomic E-state index is 12.7. The van der Waals surface area contributed by atoms with E-state index < -0.39 is 10.0 Å². The van der Waals surface area contributed by atoms with Crippen molar-refractivity contribution in [2.45, 2.75) is 31.2 Å². The first-order valence-electron chi connectivity index (χ1n) is 8.11. The van der Waals surface area contributed by atoms with Gasteiger partial charge in [0.05, 0.1) is 22.6 Å². The Hall–Kier alpha value is -2.22. The number of rotatable bonds is 6. The molecule has 0 fully saturated rings.